The Morgan fingerprint density at radius 3 is 2.94 bits per heavy atom. The van der Waals surface area contributed by atoms with Crippen LogP contribution in [0.4, 0.5) is 5.82 Å². The van der Waals surface area contributed by atoms with Crippen LogP contribution in [0, 0.1) is 0 Å². The molecular weight excluding hydrogens is 272 g/mol. The molecule has 0 saturated heterocycles. The Morgan fingerprint density at radius 2 is 2.17 bits per heavy atom. The van der Waals surface area contributed by atoms with Gasteiger partial charge in [-0.2, -0.15) is 5.10 Å². The van der Waals surface area contributed by atoms with Gasteiger partial charge in [-0.3, -0.25) is 9.82 Å². The molecule has 0 aromatic carbocycles. The largest absolute Gasteiger partial charge is 0.272 e. The predicted octanol–water partition coefficient (Wildman–Crippen LogP) is 1.82. The number of aromatic nitrogens is 3. The lowest BCUT2D eigenvalue weighted by molar-refractivity contribution is 0.603. The van der Waals surface area contributed by atoms with Crippen LogP contribution >= 0.6 is 11.3 Å². The van der Waals surface area contributed by atoms with Crippen molar-refractivity contribution in [3.05, 3.63) is 35.8 Å². The molecule has 6 nitrogen and oxygen atoms in total. The van der Waals surface area contributed by atoms with Gasteiger partial charge in [0.2, 0.25) is 0 Å². The third-order valence-electron chi connectivity index (χ3n) is 2.33. The van der Waals surface area contributed by atoms with Crippen LogP contribution in [0.25, 0.3) is 11.0 Å². The van der Waals surface area contributed by atoms with Crippen molar-refractivity contribution in [3.8, 4) is 0 Å². The molecule has 3 aromatic rings. The standard InChI is InChI=1S/C10H8N4O2S2/c15-18(16,8-4-2-6-17-8)14-10-7-3-1-5-11-9(7)12-13-10/h1-6H,(H2,11,12,13,14). The molecule has 3 aromatic heterocycles. The molecule has 0 aliphatic carbocycles. The van der Waals surface area contributed by atoms with Gasteiger partial charge in [-0.1, -0.05) is 6.07 Å². The van der Waals surface area contributed by atoms with E-state index in [2.05, 4.69) is 19.9 Å². The van der Waals surface area contributed by atoms with E-state index < -0.39 is 10.0 Å². The number of fused-ring (bicyclic) bond motifs is 1. The van der Waals surface area contributed by atoms with Crippen molar-refractivity contribution in [1.82, 2.24) is 15.2 Å². The average molecular weight is 280 g/mol. The number of anilines is 1. The van der Waals surface area contributed by atoms with E-state index in [0.29, 0.717) is 11.0 Å². The molecule has 0 spiro atoms. The third-order valence-corrected chi connectivity index (χ3v) is 5.06. The first kappa shape index (κ1) is 11.2. The SMILES string of the molecule is O=S(=O)(Nc1n[nH]c2ncccc12)c1cccs1. The lowest BCUT2D eigenvalue weighted by Gasteiger charge is -2.02. The second-order valence-corrected chi connectivity index (χ2v) is 6.37. The van der Waals surface area contributed by atoms with Crippen LogP contribution in [0.5, 0.6) is 0 Å². The zero-order valence-electron chi connectivity index (χ0n) is 8.99. The minimum absolute atomic E-state index is 0.252. The van der Waals surface area contributed by atoms with Crippen LogP contribution in [0.1, 0.15) is 0 Å². The van der Waals surface area contributed by atoms with Gasteiger partial charge in [0, 0.05) is 6.20 Å². The Morgan fingerprint density at radius 1 is 1.28 bits per heavy atom. The highest BCUT2D eigenvalue weighted by molar-refractivity contribution is 7.94. The molecule has 92 valence electrons. The molecule has 0 aliphatic rings. The highest BCUT2D eigenvalue weighted by Gasteiger charge is 2.18. The summed E-state index contributed by atoms with van der Waals surface area (Å²) in [4.78, 5) is 4.04. The zero-order chi connectivity index (χ0) is 12.6. The second kappa shape index (κ2) is 4.07. The molecule has 18 heavy (non-hydrogen) atoms. The number of rotatable bonds is 3. The van der Waals surface area contributed by atoms with Gasteiger partial charge in [-0.25, -0.2) is 13.4 Å². The first-order valence-corrected chi connectivity index (χ1v) is 7.38. The third kappa shape index (κ3) is 1.85. The molecule has 0 saturated carbocycles. The Balaban J connectivity index is 2.03. The molecule has 0 aliphatic heterocycles. The van der Waals surface area contributed by atoms with E-state index >= 15 is 0 Å². The number of hydrogen-bond donors (Lipinski definition) is 2. The maximum Gasteiger partial charge on any atom is 0.272 e. The first-order valence-electron chi connectivity index (χ1n) is 5.02. The van der Waals surface area contributed by atoms with E-state index in [0.717, 1.165) is 11.3 Å². The summed E-state index contributed by atoms with van der Waals surface area (Å²) in [6.07, 6.45) is 1.61. The summed E-state index contributed by atoms with van der Waals surface area (Å²) in [5.74, 6) is 0.256. The van der Waals surface area contributed by atoms with Gasteiger partial charge in [0.25, 0.3) is 10.0 Å². The van der Waals surface area contributed by atoms with E-state index in [-0.39, 0.29) is 10.0 Å². The maximum atomic E-state index is 12.0. The van der Waals surface area contributed by atoms with Crippen molar-refractivity contribution in [2.24, 2.45) is 0 Å². The molecule has 3 heterocycles. The topological polar surface area (TPSA) is 87.7 Å². The first-order chi connectivity index (χ1) is 8.67. The molecule has 0 bridgehead atoms. The second-order valence-electron chi connectivity index (χ2n) is 3.51. The van der Waals surface area contributed by atoms with E-state index in [1.807, 2.05) is 0 Å². The van der Waals surface area contributed by atoms with Gasteiger partial charge in [-0.15, -0.1) is 11.3 Å². The fraction of sp³-hybridized carbons (Fsp3) is 0. The van der Waals surface area contributed by atoms with Gasteiger partial charge in [-0.05, 0) is 23.6 Å². The molecular formula is C10H8N4O2S2. The number of thiophene rings is 1. The Hall–Kier alpha value is -1.93. The van der Waals surface area contributed by atoms with E-state index in [1.54, 1.807) is 35.8 Å². The number of sulfonamides is 1. The van der Waals surface area contributed by atoms with Gasteiger partial charge >= 0.3 is 0 Å². The summed E-state index contributed by atoms with van der Waals surface area (Å²) >= 11 is 1.15. The number of H-pyrrole nitrogens is 1. The Labute approximate surface area is 107 Å². The molecule has 0 fully saturated rings. The number of pyridine rings is 1. The van der Waals surface area contributed by atoms with Crippen molar-refractivity contribution in [2.75, 3.05) is 4.72 Å². The van der Waals surface area contributed by atoms with Gasteiger partial charge in [0.1, 0.15) is 4.21 Å². The highest BCUT2D eigenvalue weighted by Crippen LogP contribution is 2.23. The van der Waals surface area contributed by atoms with Crippen molar-refractivity contribution >= 4 is 38.2 Å². The molecule has 0 unspecified atom stereocenters. The monoisotopic (exact) mass is 280 g/mol. The zero-order valence-corrected chi connectivity index (χ0v) is 10.6. The molecule has 0 atom stereocenters. The minimum Gasteiger partial charge on any atom is -0.261 e. The van der Waals surface area contributed by atoms with E-state index in [4.69, 9.17) is 0 Å². The quantitative estimate of drug-likeness (QED) is 0.766. The van der Waals surface area contributed by atoms with Crippen LogP contribution in [0.2, 0.25) is 0 Å². The summed E-state index contributed by atoms with van der Waals surface area (Å²) < 4.78 is 26.8. The molecule has 0 radical (unpaired) electrons. The van der Waals surface area contributed by atoms with Gasteiger partial charge < -0.3 is 0 Å². The van der Waals surface area contributed by atoms with Gasteiger partial charge in [0.15, 0.2) is 11.5 Å². The molecule has 3 rings (SSSR count). The molecule has 2 N–H and O–H groups in total. The normalized spacial score (nSPS) is 11.8. The number of aromatic amines is 1. The maximum absolute atomic E-state index is 12.0. The van der Waals surface area contributed by atoms with E-state index in [9.17, 15) is 8.42 Å². The predicted molar refractivity (Wildman–Crippen MR) is 69.0 cm³/mol. The smallest absolute Gasteiger partial charge is 0.261 e. The van der Waals surface area contributed by atoms with Crippen LogP contribution in [-0.4, -0.2) is 23.6 Å². The number of hydrogen-bond acceptors (Lipinski definition) is 5. The lowest BCUT2D eigenvalue weighted by Crippen LogP contribution is -2.11. The summed E-state index contributed by atoms with van der Waals surface area (Å²) in [5, 5.41) is 8.93. The number of nitrogens with zero attached hydrogens (tertiary/aromatic N) is 2. The fourth-order valence-electron chi connectivity index (χ4n) is 1.53. The summed E-state index contributed by atoms with van der Waals surface area (Å²) in [6, 6.07) is 6.70. The van der Waals surface area contributed by atoms with Gasteiger partial charge in [0.05, 0.1) is 5.39 Å². The van der Waals surface area contributed by atoms with Crippen LogP contribution in [-0.2, 0) is 10.0 Å². The van der Waals surface area contributed by atoms with Crippen molar-refractivity contribution in [2.45, 2.75) is 4.21 Å². The van der Waals surface area contributed by atoms with Crippen LogP contribution in [0.3, 0.4) is 0 Å². The van der Waals surface area contributed by atoms with E-state index in [1.165, 1.54) is 0 Å². The van der Waals surface area contributed by atoms with Crippen molar-refractivity contribution in [1.29, 1.82) is 0 Å². The lowest BCUT2D eigenvalue weighted by atomic mass is 10.3. The number of nitrogens with one attached hydrogen (secondary N) is 2. The summed E-state index contributed by atoms with van der Waals surface area (Å²) in [7, 11) is -3.57. The van der Waals surface area contributed by atoms with Crippen molar-refractivity contribution < 1.29 is 8.42 Å². The minimum atomic E-state index is -3.57. The van der Waals surface area contributed by atoms with Crippen molar-refractivity contribution in [3.63, 3.8) is 0 Å². The molecule has 0 amide bonds. The Bertz CT molecular complexity index is 777. The summed E-state index contributed by atoms with van der Waals surface area (Å²) in [6.45, 7) is 0. The molecule has 8 heteroatoms. The average Bonchev–Trinajstić information content (AvgIpc) is 2.99. The fourth-order valence-corrected chi connectivity index (χ4v) is 3.54. The van der Waals surface area contributed by atoms with Crippen LogP contribution in [0.15, 0.2) is 40.1 Å². The summed E-state index contributed by atoms with van der Waals surface area (Å²) in [5.41, 5.74) is 0.543. The highest BCUT2D eigenvalue weighted by atomic mass is 32.2. The Kier molecular flexibility index (Phi) is 2.53. The van der Waals surface area contributed by atoms with Crippen LogP contribution < -0.4 is 4.72 Å².